The fourth-order valence-corrected chi connectivity index (χ4v) is 7.04. The Labute approximate surface area is 272 Å². The molecule has 1 aliphatic heterocycles. The van der Waals surface area contributed by atoms with E-state index in [1.165, 1.54) is 18.5 Å². The van der Waals surface area contributed by atoms with Crippen molar-refractivity contribution in [3.63, 3.8) is 0 Å². The molecule has 2 heterocycles. The largest absolute Gasteiger partial charge is 0.489 e. The first-order valence-electron chi connectivity index (χ1n) is 14.7. The fourth-order valence-electron chi connectivity index (χ4n) is 5.44. The highest BCUT2D eigenvalue weighted by Gasteiger charge is 2.37. The van der Waals surface area contributed by atoms with Gasteiger partial charge in [-0.2, -0.15) is 0 Å². The van der Waals surface area contributed by atoms with Crippen LogP contribution in [0.1, 0.15) is 17.5 Å². The first-order chi connectivity index (χ1) is 22.2. The van der Waals surface area contributed by atoms with E-state index >= 15 is 0 Å². The van der Waals surface area contributed by atoms with Crippen LogP contribution in [0.3, 0.4) is 0 Å². The summed E-state index contributed by atoms with van der Waals surface area (Å²) in [7, 11) is -1.52. The predicted molar refractivity (Wildman–Crippen MR) is 178 cm³/mol. The summed E-state index contributed by atoms with van der Waals surface area (Å²) in [6.07, 6.45) is 5.78. The number of sulfone groups is 1. The van der Waals surface area contributed by atoms with Crippen LogP contribution in [-0.2, 0) is 26.8 Å². The Morgan fingerprint density at radius 2 is 1.87 bits per heavy atom. The van der Waals surface area contributed by atoms with Gasteiger partial charge in [0.25, 0.3) is 0 Å². The minimum absolute atomic E-state index is 0.00611. The van der Waals surface area contributed by atoms with Crippen LogP contribution in [0.25, 0.3) is 10.9 Å². The number of hydrogen-bond donors (Lipinski definition) is 1. The Bertz CT molecular complexity index is 1980. The number of nitrogens with one attached hydrogen (secondary N) is 1. The molecule has 0 amide bonds. The number of rotatable bonds is 12. The number of hydrogen-bond acceptors (Lipinski definition) is 8. The van der Waals surface area contributed by atoms with Gasteiger partial charge in [0.05, 0.1) is 27.4 Å². The van der Waals surface area contributed by atoms with Crippen molar-refractivity contribution in [2.24, 2.45) is 0 Å². The van der Waals surface area contributed by atoms with Crippen molar-refractivity contribution in [2.75, 3.05) is 31.2 Å². The summed E-state index contributed by atoms with van der Waals surface area (Å²) < 4.78 is 51.3. The maximum atomic E-state index is 13.5. The van der Waals surface area contributed by atoms with Crippen LogP contribution in [0.5, 0.6) is 5.75 Å². The summed E-state index contributed by atoms with van der Waals surface area (Å²) in [6, 6.07) is 26.0. The highest BCUT2D eigenvalue weighted by molar-refractivity contribution is 7.91. The molecule has 236 valence electrons. The van der Waals surface area contributed by atoms with Gasteiger partial charge in [-0.3, -0.25) is 0 Å². The normalized spacial score (nSPS) is 16.1. The standard InChI is InChI=1S/C35H32ClFN4O4S/c1-41(16-18-46(42,43)29-9-3-2-4-10-29)23-35(15-6-17-45-35)26-11-13-32-30(20-26)34(39-24-38-32)40-28-12-14-33(31(36)21-28)44-22-25-7-5-8-27(37)19-25/h2-14,17,19-21,24H,15-16,18,22-23H2,1H3,(H,38,39,40). The third kappa shape index (κ3) is 7.14. The molecule has 1 unspecified atom stereocenters. The van der Waals surface area contributed by atoms with E-state index in [1.807, 2.05) is 42.3 Å². The van der Waals surface area contributed by atoms with Crippen LogP contribution >= 0.6 is 11.6 Å². The molecule has 11 heteroatoms. The summed E-state index contributed by atoms with van der Waals surface area (Å²) >= 11 is 6.54. The van der Waals surface area contributed by atoms with Gasteiger partial charge in [0, 0.05) is 30.6 Å². The summed E-state index contributed by atoms with van der Waals surface area (Å²) in [4.78, 5) is 11.3. The van der Waals surface area contributed by atoms with Gasteiger partial charge in [-0.05, 0) is 78.8 Å². The van der Waals surface area contributed by atoms with E-state index < -0.39 is 15.4 Å². The zero-order valence-corrected chi connectivity index (χ0v) is 26.6. The molecule has 0 aliphatic carbocycles. The van der Waals surface area contributed by atoms with Crippen molar-refractivity contribution in [3.05, 3.63) is 132 Å². The van der Waals surface area contributed by atoms with E-state index in [2.05, 4.69) is 15.3 Å². The Morgan fingerprint density at radius 1 is 1.02 bits per heavy atom. The first kappa shape index (κ1) is 31.5. The monoisotopic (exact) mass is 658 g/mol. The highest BCUT2D eigenvalue weighted by atomic mass is 35.5. The average Bonchev–Trinajstić information content (AvgIpc) is 3.53. The molecule has 8 nitrogen and oxygen atoms in total. The number of likely N-dealkylation sites (N-methyl/N-ethyl adjacent to an activating group) is 1. The molecule has 5 aromatic rings. The summed E-state index contributed by atoms with van der Waals surface area (Å²) in [5.41, 5.74) is 2.34. The number of nitrogens with zero attached hydrogens (tertiary/aromatic N) is 3. The van der Waals surface area contributed by atoms with Crippen LogP contribution in [0.2, 0.25) is 5.02 Å². The van der Waals surface area contributed by atoms with Gasteiger partial charge in [0.2, 0.25) is 0 Å². The Morgan fingerprint density at radius 3 is 2.63 bits per heavy atom. The smallest absolute Gasteiger partial charge is 0.179 e. The summed E-state index contributed by atoms with van der Waals surface area (Å²) in [5, 5.41) is 4.52. The zero-order chi connectivity index (χ0) is 32.1. The molecule has 0 saturated heterocycles. The van der Waals surface area contributed by atoms with Crippen molar-refractivity contribution in [3.8, 4) is 5.75 Å². The summed E-state index contributed by atoms with van der Waals surface area (Å²) in [6.45, 7) is 0.994. The quantitative estimate of drug-likeness (QED) is 0.150. The van der Waals surface area contributed by atoms with Crippen LogP contribution in [0.15, 0.2) is 115 Å². The van der Waals surface area contributed by atoms with Gasteiger partial charge in [0.1, 0.15) is 35.9 Å². The zero-order valence-electron chi connectivity index (χ0n) is 25.1. The third-order valence-corrected chi connectivity index (χ3v) is 9.85. The number of halogens is 2. The van der Waals surface area contributed by atoms with Gasteiger partial charge in [0.15, 0.2) is 9.84 Å². The molecule has 1 N–H and O–H groups in total. The maximum absolute atomic E-state index is 13.5. The minimum Gasteiger partial charge on any atom is -0.489 e. The number of benzene rings is 4. The fraction of sp³-hybridized carbons (Fsp3) is 0.200. The molecule has 0 saturated carbocycles. The second kappa shape index (κ2) is 13.5. The lowest BCUT2D eigenvalue weighted by molar-refractivity contribution is 0.0123. The van der Waals surface area contributed by atoms with Gasteiger partial charge >= 0.3 is 0 Å². The van der Waals surface area contributed by atoms with Crippen LogP contribution in [0.4, 0.5) is 15.9 Å². The Kier molecular flexibility index (Phi) is 9.21. The van der Waals surface area contributed by atoms with Crippen LogP contribution < -0.4 is 10.1 Å². The SMILES string of the molecule is CN(CCS(=O)(=O)c1ccccc1)CC1(c2ccc3ncnc(Nc4ccc(OCc5cccc(F)c5)c(Cl)c4)c3c2)CC=CO1. The van der Waals surface area contributed by atoms with Crippen molar-refractivity contribution in [2.45, 2.75) is 23.5 Å². The molecular formula is C35H32ClFN4O4S. The van der Waals surface area contributed by atoms with Gasteiger partial charge in [-0.15, -0.1) is 0 Å². The van der Waals surface area contributed by atoms with Crippen molar-refractivity contribution < 1.29 is 22.3 Å². The topological polar surface area (TPSA) is 93.7 Å². The molecule has 0 bridgehead atoms. The van der Waals surface area contributed by atoms with Crippen molar-refractivity contribution >= 4 is 43.8 Å². The van der Waals surface area contributed by atoms with Crippen molar-refractivity contribution in [1.82, 2.24) is 14.9 Å². The lowest BCUT2D eigenvalue weighted by atomic mass is 9.89. The molecule has 4 aromatic carbocycles. The summed E-state index contributed by atoms with van der Waals surface area (Å²) in [5.74, 6) is 0.725. The van der Waals surface area contributed by atoms with Crippen LogP contribution in [0, 0.1) is 5.82 Å². The van der Waals surface area contributed by atoms with Gasteiger partial charge in [-0.25, -0.2) is 22.8 Å². The van der Waals surface area contributed by atoms with Gasteiger partial charge < -0.3 is 19.7 Å². The van der Waals surface area contributed by atoms with Gasteiger partial charge in [-0.1, -0.05) is 48.0 Å². The molecule has 1 atom stereocenters. The molecule has 0 fully saturated rings. The van der Waals surface area contributed by atoms with E-state index in [0.717, 1.165) is 16.5 Å². The maximum Gasteiger partial charge on any atom is 0.179 e. The number of anilines is 2. The molecule has 0 spiro atoms. The lowest BCUT2D eigenvalue weighted by Gasteiger charge is -2.33. The lowest BCUT2D eigenvalue weighted by Crippen LogP contribution is -2.40. The molecule has 1 aromatic heterocycles. The number of fused-ring (bicyclic) bond motifs is 1. The Hall–Kier alpha value is -4.51. The van der Waals surface area contributed by atoms with E-state index in [-0.39, 0.29) is 18.2 Å². The van der Waals surface area contributed by atoms with Crippen molar-refractivity contribution in [1.29, 1.82) is 0 Å². The molecule has 46 heavy (non-hydrogen) atoms. The molecule has 1 aliphatic rings. The van der Waals surface area contributed by atoms with E-state index in [9.17, 15) is 12.8 Å². The first-order valence-corrected chi connectivity index (χ1v) is 16.7. The predicted octanol–water partition coefficient (Wildman–Crippen LogP) is 7.28. The van der Waals surface area contributed by atoms with Crippen LogP contribution in [-0.4, -0.2) is 49.2 Å². The Balaban J connectivity index is 1.19. The third-order valence-electron chi connectivity index (χ3n) is 7.85. The second-order valence-electron chi connectivity index (χ2n) is 11.2. The van der Waals surface area contributed by atoms with E-state index in [4.69, 9.17) is 21.1 Å². The average molecular weight is 659 g/mol. The number of ether oxygens (including phenoxy) is 2. The highest BCUT2D eigenvalue weighted by Crippen LogP contribution is 2.38. The molecule has 6 rings (SSSR count). The molecule has 0 radical (unpaired) electrons. The minimum atomic E-state index is -3.42. The molecular weight excluding hydrogens is 627 g/mol. The second-order valence-corrected chi connectivity index (χ2v) is 13.7. The number of aromatic nitrogens is 2. The van der Waals surface area contributed by atoms with E-state index in [1.54, 1.807) is 60.9 Å². The van der Waals surface area contributed by atoms with E-state index in [0.29, 0.717) is 52.2 Å².